The molecule has 0 fully saturated rings. The molecule has 0 aliphatic heterocycles. The van der Waals surface area contributed by atoms with Gasteiger partial charge in [0, 0.05) is 41.3 Å². The molecule has 0 atom stereocenters. The summed E-state index contributed by atoms with van der Waals surface area (Å²) in [7, 11) is 0. The molecule has 0 unspecified atom stereocenters. The molecule has 0 saturated carbocycles. The van der Waals surface area contributed by atoms with E-state index in [0.717, 1.165) is 39.4 Å². The molecule has 4 aromatic rings. The van der Waals surface area contributed by atoms with E-state index in [-0.39, 0.29) is 5.82 Å². The third-order valence-electron chi connectivity index (χ3n) is 4.44. The van der Waals surface area contributed by atoms with E-state index in [0.29, 0.717) is 6.54 Å². The monoisotopic (exact) mass is 377 g/mol. The van der Waals surface area contributed by atoms with Crippen LogP contribution in [0, 0.1) is 5.82 Å². The van der Waals surface area contributed by atoms with Crippen molar-refractivity contribution < 1.29 is 4.39 Å². The standard InChI is InChI=1S/C22H17ClFN3/c23-21-4-2-1-3-17(21)11-14-27-15-20(16-9-12-25-13-10-16)22(26-27)18-5-7-19(24)8-6-18/h1-10,12-13,15H,11,14H2. The fourth-order valence-corrected chi connectivity index (χ4v) is 3.27. The van der Waals surface area contributed by atoms with Crippen LogP contribution in [0.4, 0.5) is 4.39 Å². The summed E-state index contributed by atoms with van der Waals surface area (Å²) in [5, 5.41) is 5.52. The molecular weight excluding hydrogens is 361 g/mol. The Balaban J connectivity index is 1.69. The van der Waals surface area contributed by atoms with Gasteiger partial charge < -0.3 is 0 Å². The van der Waals surface area contributed by atoms with Gasteiger partial charge in [0.2, 0.25) is 0 Å². The highest BCUT2D eigenvalue weighted by Crippen LogP contribution is 2.31. The lowest BCUT2D eigenvalue weighted by Gasteiger charge is -2.04. The molecule has 2 aromatic carbocycles. The number of hydrogen-bond donors (Lipinski definition) is 0. The van der Waals surface area contributed by atoms with Crippen LogP contribution in [0.25, 0.3) is 22.4 Å². The Morgan fingerprint density at radius 3 is 2.37 bits per heavy atom. The lowest BCUT2D eigenvalue weighted by molar-refractivity contribution is 0.616. The van der Waals surface area contributed by atoms with Crippen LogP contribution in [0.1, 0.15) is 5.56 Å². The van der Waals surface area contributed by atoms with E-state index in [1.807, 2.05) is 47.3 Å². The van der Waals surface area contributed by atoms with Gasteiger partial charge in [-0.3, -0.25) is 9.67 Å². The molecule has 0 aliphatic carbocycles. The fraction of sp³-hybridized carbons (Fsp3) is 0.0909. The van der Waals surface area contributed by atoms with Crippen LogP contribution in [-0.2, 0) is 13.0 Å². The number of aromatic nitrogens is 3. The first-order valence-electron chi connectivity index (χ1n) is 8.68. The van der Waals surface area contributed by atoms with Gasteiger partial charge in [0.25, 0.3) is 0 Å². The molecule has 3 nitrogen and oxygen atoms in total. The van der Waals surface area contributed by atoms with Crippen molar-refractivity contribution in [1.29, 1.82) is 0 Å². The SMILES string of the molecule is Fc1ccc(-c2nn(CCc3ccccc3Cl)cc2-c2ccncc2)cc1. The number of halogens is 2. The van der Waals surface area contributed by atoms with Gasteiger partial charge in [-0.1, -0.05) is 29.8 Å². The summed E-state index contributed by atoms with van der Waals surface area (Å²) in [6, 6.07) is 18.1. The van der Waals surface area contributed by atoms with E-state index in [1.165, 1.54) is 12.1 Å². The second kappa shape index (κ2) is 7.72. The number of benzene rings is 2. The van der Waals surface area contributed by atoms with Gasteiger partial charge in [-0.15, -0.1) is 0 Å². The van der Waals surface area contributed by atoms with Gasteiger partial charge in [0.05, 0.1) is 0 Å². The molecule has 5 heteroatoms. The summed E-state index contributed by atoms with van der Waals surface area (Å²) in [5.41, 5.74) is 4.79. The molecule has 2 aromatic heterocycles. The Hall–Kier alpha value is -2.98. The highest BCUT2D eigenvalue weighted by Gasteiger charge is 2.13. The Morgan fingerprint density at radius 2 is 1.63 bits per heavy atom. The summed E-state index contributed by atoms with van der Waals surface area (Å²) in [6.07, 6.45) is 6.31. The summed E-state index contributed by atoms with van der Waals surface area (Å²) in [6.45, 7) is 0.697. The van der Waals surface area contributed by atoms with Crippen molar-refractivity contribution in [3.8, 4) is 22.4 Å². The normalized spacial score (nSPS) is 10.9. The predicted octanol–water partition coefficient (Wildman–Crippen LogP) is 5.65. The molecule has 27 heavy (non-hydrogen) atoms. The quantitative estimate of drug-likeness (QED) is 0.450. The molecule has 0 aliphatic rings. The van der Waals surface area contributed by atoms with Crippen LogP contribution >= 0.6 is 11.6 Å². The van der Waals surface area contributed by atoms with Crippen LogP contribution in [0.5, 0.6) is 0 Å². The molecule has 0 saturated heterocycles. The van der Waals surface area contributed by atoms with E-state index in [4.69, 9.17) is 16.7 Å². The first-order chi connectivity index (χ1) is 13.2. The van der Waals surface area contributed by atoms with Gasteiger partial charge in [-0.25, -0.2) is 4.39 Å². The van der Waals surface area contributed by atoms with Crippen molar-refractivity contribution in [3.63, 3.8) is 0 Å². The van der Waals surface area contributed by atoms with Gasteiger partial charge in [-0.05, 0) is 60.0 Å². The highest BCUT2D eigenvalue weighted by atomic mass is 35.5. The highest BCUT2D eigenvalue weighted by molar-refractivity contribution is 6.31. The third kappa shape index (κ3) is 3.91. The van der Waals surface area contributed by atoms with E-state index >= 15 is 0 Å². The van der Waals surface area contributed by atoms with Crippen LogP contribution in [0.3, 0.4) is 0 Å². The first kappa shape index (κ1) is 17.4. The second-order valence-electron chi connectivity index (χ2n) is 6.24. The second-order valence-corrected chi connectivity index (χ2v) is 6.65. The number of pyridine rings is 1. The Bertz CT molecular complexity index is 1040. The number of aryl methyl sites for hydroxylation is 2. The van der Waals surface area contributed by atoms with Gasteiger partial charge in [0.1, 0.15) is 11.5 Å². The van der Waals surface area contributed by atoms with Crippen LogP contribution in [-0.4, -0.2) is 14.8 Å². The number of rotatable bonds is 5. The maximum atomic E-state index is 13.3. The van der Waals surface area contributed by atoms with Crippen LogP contribution < -0.4 is 0 Å². The van der Waals surface area contributed by atoms with Crippen molar-refractivity contribution in [2.24, 2.45) is 0 Å². The van der Waals surface area contributed by atoms with E-state index < -0.39 is 0 Å². The molecule has 0 radical (unpaired) electrons. The van der Waals surface area contributed by atoms with Crippen molar-refractivity contribution in [3.05, 3.63) is 95.7 Å². The molecule has 0 N–H and O–H groups in total. The Kier molecular flexibility index (Phi) is 4.99. The largest absolute Gasteiger partial charge is 0.271 e. The summed E-state index contributed by atoms with van der Waals surface area (Å²) in [4.78, 5) is 4.09. The lowest BCUT2D eigenvalue weighted by atomic mass is 10.0. The molecule has 0 amide bonds. The van der Waals surface area contributed by atoms with Crippen molar-refractivity contribution in [1.82, 2.24) is 14.8 Å². The van der Waals surface area contributed by atoms with Crippen LogP contribution in [0.15, 0.2) is 79.3 Å². The minimum Gasteiger partial charge on any atom is -0.271 e. The summed E-state index contributed by atoms with van der Waals surface area (Å²) >= 11 is 6.26. The third-order valence-corrected chi connectivity index (χ3v) is 4.81. The molecule has 0 spiro atoms. The zero-order valence-corrected chi connectivity index (χ0v) is 15.3. The molecular formula is C22H17ClFN3. The van der Waals surface area contributed by atoms with Gasteiger partial charge in [0.15, 0.2) is 0 Å². The zero-order valence-electron chi connectivity index (χ0n) is 14.5. The van der Waals surface area contributed by atoms with Gasteiger partial charge >= 0.3 is 0 Å². The van der Waals surface area contributed by atoms with E-state index in [2.05, 4.69) is 4.98 Å². The lowest BCUT2D eigenvalue weighted by Crippen LogP contribution is -2.02. The minimum atomic E-state index is -0.262. The fourth-order valence-electron chi connectivity index (χ4n) is 3.04. The smallest absolute Gasteiger partial charge is 0.123 e. The summed E-state index contributed by atoms with van der Waals surface area (Å²) < 4.78 is 15.2. The van der Waals surface area contributed by atoms with Crippen molar-refractivity contribution in [2.75, 3.05) is 0 Å². The molecule has 134 valence electrons. The Morgan fingerprint density at radius 1 is 0.889 bits per heavy atom. The van der Waals surface area contributed by atoms with Crippen molar-refractivity contribution >= 4 is 11.6 Å². The predicted molar refractivity (Wildman–Crippen MR) is 106 cm³/mol. The van der Waals surface area contributed by atoms with E-state index in [9.17, 15) is 4.39 Å². The van der Waals surface area contributed by atoms with Crippen molar-refractivity contribution in [2.45, 2.75) is 13.0 Å². The number of hydrogen-bond acceptors (Lipinski definition) is 2. The topological polar surface area (TPSA) is 30.7 Å². The molecule has 0 bridgehead atoms. The molecule has 4 rings (SSSR count). The van der Waals surface area contributed by atoms with Crippen LogP contribution in [0.2, 0.25) is 5.02 Å². The average molecular weight is 378 g/mol. The Labute approximate surface area is 162 Å². The molecule has 2 heterocycles. The average Bonchev–Trinajstić information content (AvgIpc) is 3.13. The maximum Gasteiger partial charge on any atom is 0.123 e. The number of nitrogens with zero attached hydrogens (tertiary/aromatic N) is 3. The maximum absolute atomic E-state index is 13.3. The van der Waals surface area contributed by atoms with E-state index in [1.54, 1.807) is 24.5 Å². The summed E-state index contributed by atoms with van der Waals surface area (Å²) in [5.74, 6) is -0.262. The first-order valence-corrected chi connectivity index (χ1v) is 9.06. The zero-order chi connectivity index (χ0) is 18.6. The minimum absolute atomic E-state index is 0.262. The van der Waals surface area contributed by atoms with Gasteiger partial charge in [-0.2, -0.15) is 5.10 Å².